The number of hydrogen-bond donors (Lipinski definition) is 0. The van der Waals surface area contributed by atoms with Gasteiger partial charge in [-0.15, -0.1) is 0 Å². The standard InChI is InChI=1S/C9H11ClN2O/c1-11-5-7-3-4-8(10)12(7)9(6-11)13-2/h3-4,6H,5H2,1-2H3. The quantitative estimate of drug-likeness (QED) is 0.687. The molecule has 0 spiro atoms. The molecule has 0 bridgehead atoms. The number of fused-ring (bicyclic) bond motifs is 1. The Kier molecular flexibility index (Phi) is 1.96. The van der Waals surface area contributed by atoms with Gasteiger partial charge in [0.1, 0.15) is 5.15 Å². The lowest BCUT2D eigenvalue weighted by molar-refractivity contribution is 0.308. The van der Waals surface area contributed by atoms with Crippen LogP contribution < -0.4 is 0 Å². The van der Waals surface area contributed by atoms with Gasteiger partial charge in [0.05, 0.1) is 19.9 Å². The zero-order chi connectivity index (χ0) is 9.42. The number of hydrogen-bond acceptors (Lipinski definition) is 2. The summed E-state index contributed by atoms with van der Waals surface area (Å²) in [6.45, 7) is 0.861. The van der Waals surface area contributed by atoms with Crippen LogP contribution in [-0.4, -0.2) is 23.6 Å². The van der Waals surface area contributed by atoms with Gasteiger partial charge in [-0.05, 0) is 12.1 Å². The summed E-state index contributed by atoms with van der Waals surface area (Å²) in [5, 5.41) is 0.691. The summed E-state index contributed by atoms with van der Waals surface area (Å²) in [5.41, 5.74) is 1.15. The zero-order valence-electron chi connectivity index (χ0n) is 7.62. The van der Waals surface area contributed by atoms with Gasteiger partial charge in [0.25, 0.3) is 0 Å². The smallest absolute Gasteiger partial charge is 0.215 e. The van der Waals surface area contributed by atoms with Crippen LogP contribution in [0.5, 0.6) is 0 Å². The Morgan fingerprint density at radius 2 is 2.23 bits per heavy atom. The van der Waals surface area contributed by atoms with E-state index < -0.39 is 0 Å². The normalized spacial score (nSPS) is 15.3. The number of nitrogens with zero attached hydrogens (tertiary/aromatic N) is 2. The summed E-state index contributed by atoms with van der Waals surface area (Å²) in [4.78, 5) is 2.06. The SMILES string of the molecule is COC1=CN(C)Cc2ccc(Cl)n21. The lowest BCUT2D eigenvalue weighted by Gasteiger charge is -2.24. The van der Waals surface area contributed by atoms with Gasteiger partial charge < -0.3 is 9.64 Å². The Morgan fingerprint density at radius 1 is 1.46 bits per heavy atom. The van der Waals surface area contributed by atoms with Crippen LogP contribution in [-0.2, 0) is 11.3 Å². The molecule has 0 amide bonds. The lowest BCUT2D eigenvalue weighted by Crippen LogP contribution is -2.21. The van der Waals surface area contributed by atoms with E-state index in [1.54, 1.807) is 7.11 Å². The molecule has 0 aromatic carbocycles. The Balaban J connectivity index is 2.52. The van der Waals surface area contributed by atoms with Crippen molar-refractivity contribution in [2.75, 3.05) is 14.2 Å². The largest absolute Gasteiger partial charge is 0.481 e. The molecule has 0 saturated carbocycles. The van der Waals surface area contributed by atoms with Crippen molar-refractivity contribution >= 4 is 17.5 Å². The minimum atomic E-state index is 0.691. The fraction of sp³-hybridized carbons (Fsp3) is 0.333. The van der Waals surface area contributed by atoms with Crippen LogP contribution in [0.3, 0.4) is 0 Å². The Morgan fingerprint density at radius 3 is 2.92 bits per heavy atom. The average Bonchev–Trinajstić information content (AvgIpc) is 2.46. The van der Waals surface area contributed by atoms with Crippen molar-refractivity contribution in [3.8, 4) is 0 Å². The van der Waals surface area contributed by atoms with E-state index in [4.69, 9.17) is 16.3 Å². The van der Waals surface area contributed by atoms with Gasteiger partial charge in [-0.2, -0.15) is 0 Å². The average molecular weight is 199 g/mol. The predicted octanol–water partition coefficient (Wildman–Crippen LogP) is 1.99. The molecule has 1 aliphatic rings. The third-order valence-corrected chi connectivity index (χ3v) is 2.38. The number of methoxy groups -OCH3 is 1. The van der Waals surface area contributed by atoms with Crippen LogP contribution in [0, 0.1) is 0 Å². The molecule has 0 aliphatic carbocycles. The maximum atomic E-state index is 6.00. The highest BCUT2D eigenvalue weighted by atomic mass is 35.5. The molecule has 0 atom stereocenters. The van der Waals surface area contributed by atoms with Gasteiger partial charge in [0.2, 0.25) is 5.88 Å². The molecule has 3 nitrogen and oxygen atoms in total. The molecule has 0 radical (unpaired) electrons. The number of rotatable bonds is 1. The summed E-state index contributed by atoms with van der Waals surface area (Å²) in [6.07, 6.45) is 1.93. The molecule has 1 aliphatic heterocycles. The maximum absolute atomic E-state index is 6.00. The van der Waals surface area contributed by atoms with Gasteiger partial charge in [-0.25, -0.2) is 0 Å². The summed E-state index contributed by atoms with van der Waals surface area (Å²) < 4.78 is 7.13. The molecule has 0 unspecified atom stereocenters. The molecule has 2 heterocycles. The minimum absolute atomic E-state index is 0.691. The van der Waals surface area contributed by atoms with E-state index in [0.717, 1.165) is 18.1 Å². The Labute approximate surface area is 82.2 Å². The second-order valence-corrected chi connectivity index (χ2v) is 3.46. The van der Waals surface area contributed by atoms with E-state index in [0.29, 0.717) is 5.15 Å². The molecule has 0 fully saturated rings. The van der Waals surface area contributed by atoms with Crippen LogP contribution in [0.2, 0.25) is 5.15 Å². The molecule has 0 saturated heterocycles. The van der Waals surface area contributed by atoms with Crippen LogP contribution in [0.25, 0.3) is 5.88 Å². The van der Waals surface area contributed by atoms with E-state index in [-0.39, 0.29) is 0 Å². The van der Waals surface area contributed by atoms with E-state index >= 15 is 0 Å². The molecule has 4 heteroatoms. The zero-order valence-corrected chi connectivity index (χ0v) is 8.38. The van der Waals surface area contributed by atoms with Gasteiger partial charge in [0, 0.05) is 12.7 Å². The predicted molar refractivity (Wildman–Crippen MR) is 52.2 cm³/mol. The molecule has 0 N–H and O–H groups in total. The second-order valence-electron chi connectivity index (χ2n) is 3.07. The molecule has 70 valence electrons. The Bertz CT molecular complexity index is 356. The van der Waals surface area contributed by atoms with Gasteiger partial charge in [0.15, 0.2) is 0 Å². The molecular formula is C9H11ClN2O. The maximum Gasteiger partial charge on any atom is 0.215 e. The van der Waals surface area contributed by atoms with E-state index in [2.05, 4.69) is 4.90 Å². The second kappa shape index (κ2) is 3.00. The number of aromatic nitrogens is 1. The summed E-state index contributed by atoms with van der Waals surface area (Å²) in [6, 6.07) is 3.88. The van der Waals surface area contributed by atoms with Crippen molar-refractivity contribution < 1.29 is 4.74 Å². The first kappa shape index (κ1) is 8.51. The number of ether oxygens (including phenoxy) is 1. The van der Waals surface area contributed by atoms with E-state index in [9.17, 15) is 0 Å². The minimum Gasteiger partial charge on any atom is -0.481 e. The highest BCUT2D eigenvalue weighted by Gasteiger charge is 2.17. The van der Waals surface area contributed by atoms with E-state index in [1.165, 1.54) is 0 Å². The molecule has 1 aromatic heterocycles. The number of halogens is 1. The molecular weight excluding hydrogens is 188 g/mol. The fourth-order valence-electron chi connectivity index (χ4n) is 1.51. The van der Waals surface area contributed by atoms with Gasteiger partial charge in [-0.3, -0.25) is 4.57 Å². The third-order valence-electron chi connectivity index (χ3n) is 2.09. The molecule has 13 heavy (non-hydrogen) atoms. The fourth-order valence-corrected chi connectivity index (χ4v) is 1.77. The Hall–Kier alpha value is -1.09. The van der Waals surface area contributed by atoms with Crippen LogP contribution in [0.1, 0.15) is 5.69 Å². The van der Waals surface area contributed by atoms with Crippen molar-refractivity contribution in [2.24, 2.45) is 0 Å². The van der Waals surface area contributed by atoms with Crippen LogP contribution in [0.4, 0.5) is 0 Å². The van der Waals surface area contributed by atoms with E-state index in [1.807, 2.05) is 29.9 Å². The topological polar surface area (TPSA) is 17.4 Å². The highest BCUT2D eigenvalue weighted by molar-refractivity contribution is 6.30. The lowest BCUT2D eigenvalue weighted by atomic mass is 10.3. The first-order valence-electron chi connectivity index (χ1n) is 4.05. The summed E-state index contributed by atoms with van der Waals surface area (Å²) in [7, 11) is 3.65. The van der Waals surface area contributed by atoms with Crippen LogP contribution >= 0.6 is 11.6 Å². The highest BCUT2D eigenvalue weighted by Crippen LogP contribution is 2.25. The van der Waals surface area contributed by atoms with Crippen LogP contribution in [0.15, 0.2) is 18.3 Å². The first-order valence-corrected chi connectivity index (χ1v) is 4.42. The van der Waals surface area contributed by atoms with Crippen molar-refractivity contribution in [3.05, 3.63) is 29.2 Å². The van der Waals surface area contributed by atoms with Crippen molar-refractivity contribution in [1.82, 2.24) is 9.47 Å². The van der Waals surface area contributed by atoms with Crippen molar-refractivity contribution in [3.63, 3.8) is 0 Å². The van der Waals surface area contributed by atoms with Crippen molar-refractivity contribution in [2.45, 2.75) is 6.54 Å². The molecule has 1 aromatic rings. The van der Waals surface area contributed by atoms with Gasteiger partial charge >= 0.3 is 0 Å². The van der Waals surface area contributed by atoms with Crippen molar-refractivity contribution in [1.29, 1.82) is 0 Å². The van der Waals surface area contributed by atoms with Gasteiger partial charge in [-0.1, -0.05) is 11.6 Å². The first-order chi connectivity index (χ1) is 6.22. The third kappa shape index (κ3) is 1.29. The molecule has 2 rings (SSSR count). The summed E-state index contributed by atoms with van der Waals surface area (Å²) >= 11 is 6.00. The summed E-state index contributed by atoms with van der Waals surface area (Å²) in [5.74, 6) is 0.763. The monoisotopic (exact) mass is 198 g/mol.